The van der Waals surface area contributed by atoms with Gasteiger partial charge in [-0.25, -0.2) is 0 Å². The van der Waals surface area contributed by atoms with Crippen LogP contribution in [0, 0.1) is 0 Å². The van der Waals surface area contributed by atoms with E-state index >= 15 is 0 Å². The molecule has 0 aromatic rings. The third-order valence-electron chi connectivity index (χ3n) is 14.6. The van der Waals surface area contributed by atoms with E-state index in [2.05, 4.69) is 19.2 Å². The molecule has 73 heavy (non-hydrogen) atoms. The standard InChI is InChI=1S/C54H101NO18/c1-3-5-7-9-11-13-15-17-18-20-22-24-26-28-30-32-42(60)55-37(38(59)31-29-27-25-23-21-19-16-14-12-10-8-6-4-2)36-68-52-48(66)45(63)50(40(34-57)70-52)73-54-49(67)46(64)51(41(35-58)71-54)72-53-47(65)44(62)43(61)39(33-56)69-53/h29,31,37-41,43-54,56-59,61-67H,3-28,30,32-36H2,1-2H3,(H,55,60)/b31-29+/t37-,38+,39+,40+,41+,43-,44-,45+,46+,47+,48+,49+,50+,51-,52+,53+,54-/m0/s1. The van der Waals surface area contributed by atoms with Crippen molar-refractivity contribution in [2.75, 3.05) is 26.4 Å². The van der Waals surface area contributed by atoms with Gasteiger partial charge in [-0.05, 0) is 19.3 Å². The van der Waals surface area contributed by atoms with Crippen LogP contribution in [0.4, 0.5) is 0 Å². The molecule has 3 heterocycles. The number of allylic oxidation sites excluding steroid dienone is 1. The highest BCUT2D eigenvalue weighted by molar-refractivity contribution is 5.76. The number of hydrogen-bond acceptors (Lipinski definition) is 18. The molecule has 3 aliphatic rings. The van der Waals surface area contributed by atoms with Crippen molar-refractivity contribution in [1.82, 2.24) is 5.32 Å². The lowest BCUT2D eigenvalue weighted by Crippen LogP contribution is -2.66. The summed E-state index contributed by atoms with van der Waals surface area (Å²) in [5.41, 5.74) is 0. The van der Waals surface area contributed by atoms with Crippen LogP contribution in [0.1, 0.15) is 194 Å². The van der Waals surface area contributed by atoms with Gasteiger partial charge < -0.3 is 89.9 Å². The number of carbonyl (C=O) groups excluding carboxylic acids is 1. The Morgan fingerprint density at radius 3 is 1.29 bits per heavy atom. The zero-order valence-corrected chi connectivity index (χ0v) is 44.4. The predicted octanol–water partition coefficient (Wildman–Crippen LogP) is 3.82. The number of amides is 1. The molecular weight excluding hydrogens is 951 g/mol. The Bertz CT molecular complexity index is 1400. The third kappa shape index (κ3) is 24.0. The molecule has 430 valence electrons. The number of aliphatic hydroxyl groups is 11. The second kappa shape index (κ2) is 39.0. The minimum absolute atomic E-state index is 0.248. The second-order valence-corrected chi connectivity index (χ2v) is 20.8. The average molecular weight is 1050 g/mol. The normalized spacial score (nSPS) is 31.8. The quantitative estimate of drug-likeness (QED) is 0.0306. The van der Waals surface area contributed by atoms with Gasteiger partial charge in [-0.2, -0.15) is 0 Å². The molecule has 0 unspecified atom stereocenters. The Morgan fingerprint density at radius 1 is 0.479 bits per heavy atom. The van der Waals surface area contributed by atoms with E-state index in [1.54, 1.807) is 6.08 Å². The van der Waals surface area contributed by atoms with Gasteiger partial charge in [0, 0.05) is 6.42 Å². The molecule has 0 radical (unpaired) electrons. The van der Waals surface area contributed by atoms with Crippen molar-refractivity contribution in [3.8, 4) is 0 Å². The summed E-state index contributed by atoms with van der Waals surface area (Å²) in [4.78, 5) is 13.3. The number of ether oxygens (including phenoxy) is 6. The van der Waals surface area contributed by atoms with Crippen LogP contribution in [0.3, 0.4) is 0 Å². The van der Waals surface area contributed by atoms with Crippen LogP contribution in [-0.2, 0) is 33.2 Å². The molecule has 19 heteroatoms. The zero-order chi connectivity index (χ0) is 53.4. The number of rotatable bonds is 41. The van der Waals surface area contributed by atoms with E-state index in [9.17, 15) is 61.0 Å². The molecule has 0 aliphatic carbocycles. The molecule has 3 aliphatic heterocycles. The van der Waals surface area contributed by atoms with E-state index in [4.69, 9.17) is 28.4 Å². The molecule has 19 nitrogen and oxygen atoms in total. The highest BCUT2D eigenvalue weighted by Gasteiger charge is 2.53. The third-order valence-corrected chi connectivity index (χ3v) is 14.6. The van der Waals surface area contributed by atoms with Crippen LogP contribution < -0.4 is 5.32 Å². The number of nitrogens with one attached hydrogen (secondary N) is 1. The van der Waals surface area contributed by atoms with Crippen molar-refractivity contribution < 1.29 is 89.4 Å². The lowest BCUT2D eigenvalue weighted by atomic mass is 9.96. The van der Waals surface area contributed by atoms with Crippen molar-refractivity contribution in [2.45, 2.75) is 298 Å². The lowest BCUT2D eigenvalue weighted by molar-refractivity contribution is -0.379. The molecule has 0 aromatic carbocycles. The molecule has 0 spiro atoms. The van der Waals surface area contributed by atoms with Crippen LogP contribution in [0.5, 0.6) is 0 Å². The van der Waals surface area contributed by atoms with Gasteiger partial charge in [-0.1, -0.05) is 180 Å². The highest BCUT2D eigenvalue weighted by atomic mass is 16.8. The summed E-state index contributed by atoms with van der Waals surface area (Å²) in [5.74, 6) is -0.275. The Morgan fingerprint density at radius 2 is 0.849 bits per heavy atom. The van der Waals surface area contributed by atoms with Gasteiger partial charge in [-0.15, -0.1) is 0 Å². The largest absolute Gasteiger partial charge is 0.394 e. The van der Waals surface area contributed by atoms with Crippen LogP contribution in [0.25, 0.3) is 0 Å². The maximum Gasteiger partial charge on any atom is 0.220 e. The fraction of sp³-hybridized carbons (Fsp3) is 0.944. The van der Waals surface area contributed by atoms with E-state index in [0.29, 0.717) is 6.42 Å². The van der Waals surface area contributed by atoms with Crippen molar-refractivity contribution in [3.63, 3.8) is 0 Å². The summed E-state index contributed by atoms with van der Waals surface area (Å²) in [7, 11) is 0. The average Bonchev–Trinajstić information content (AvgIpc) is 3.39. The Hall–Kier alpha value is -1.47. The minimum atomic E-state index is -1.97. The number of aliphatic hydroxyl groups excluding tert-OH is 11. The maximum absolute atomic E-state index is 13.3. The van der Waals surface area contributed by atoms with E-state index in [1.165, 1.54) is 122 Å². The maximum atomic E-state index is 13.3. The Kier molecular flexibility index (Phi) is 35.1. The molecule has 12 N–H and O–H groups in total. The smallest absolute Gasteiger partial charge is 0.220 e. The Balaban J connectivity index is 1.53. The molecule has 0 bridgehead atoms. The van der Waals surface area contributed by atoms with Gasteiger partial charge in [0.05, 0.1) is 38.6 Å². The van der Waals surface area contributed by atoms with Crippen LogP contribution >= 0.6 is 0 Å². The van der Waals surface area contributed by atoms with Gasteiger partial charge >= 0.3 is 0 Å². The first-order valence-electron chi connectivity index (χ1n) is 28.4. The minimum Gasteiger partial charge on any atom is -0.394 e. The van der Waals surface area contributed by atoms with Gasteiger partial charge in [0.1, 0.15) is 73.2 Å². The number of unbranched alkanes of at least 4 members (excludes halogenated alkanes) is 25. The predicted molar refractivity (Wildman–Crippen MR) is 273 cm³/mol. The van der Waals surface area contributed by atoms with E-state index in [1.807, 2.05) is 6.08 Å². The lowest BCUT2D eigenvalue weighted by Gasteiger charge is -2.48. The monoisotopic (exact) mass is 1050 g/mol. The first kappa shape index (κ1) is 65.8. The molecule has 1 amide bonds. The Labute approximate surface area is 436 Å². The highest BCUT2D eigenvalue weighted by Crippen LogP contribution is 2.33. The second-order valence-electron chi connectivity index (χ2n) is 20.8. The van der Waals surface area contributed by atoms with Gasteiger partial charge in [0.2, 0.25) is 5.91 Å². The summed E-state index contributed by atoms with van der Waals surface area (Å²) in [5, 5.41) is 120. The summed E-state index contributed by atoms with van der Waals surface area (Å²) in [6.07, 6.45) is 9.11. The van der Waals surface area contributed by atoms with E-state index in [-0.39, 0.29) is 18.9 Å². The van der Waals surface area contributed by atoms with Crippen LogP contribution in [0.15, 0.2) is 12.2 Å². The molecular formula is C54H101NO18. The first-order chi connectivity index (χ1) is 35.3. The summed E-state index contributed by atoms with van der Waals surface area (Å²) in [6.45, 7) is 1.71. The van der Waals surface area contributed by atoms with Crippen molar-refractivity contribution >= 4 is 5.91 Å². The van der Waals surface area contributed by atoms with Gasteiger partial charge in [-0.3, -0.25) is 4.79 Å². The zero-order valence-electron chi connectivity index (χ0n) is 44.4. The number of hydrogen-bond donors (Lipinski definition) is 12. The van der Waals surface area contributed by atoms with Gasteiger partial charge in [0.25, 0.3) is 0 Å². The van der Waals surface area contributed by atoms with E-state index in [0.717, 1.165) is 44.9 Å². The molecule has 17 atom stereocenters. The van der Waals surface area contributed by atoms with Gasteiger partial charge in [0.15, 0.2) is 18.9 Å². The fourth-order valence-corrected chi connectivity index (χ4v) is 9.84. The fourth-order valence-electron chi connectivity index (χ4n) is 9.84. The molecule has 3 saturated heterocycles. The van der Waals surface area contributed by atoms with Crippen LogP contribution in [-0.4, -0.2) is 193 Å². The summed E-state index contributed by atoms with van der Waals surface area (Å²) < 4.78 is 34.2. The van der Waals surface area contributed by atoms with Crippen molar-refractivity contribution in [3.05, 3.63) is 12.2 Å². The topological polar surface area (TPSA) is 307 Å². The van der Waals surface area contributed by atoms with Crippen molar-refractivity contribution in [1.29, 1.82) is 0 Å². The molecule has 0 aromatic heterocycles. The first-order valence-corrected chi connectivity index (χ1v) is 28.4. The summed E-state index contributed by atoms with van der Waals surface area (Å²) >= 11 is 0. The molecule has 0 saturated carbocycles. The SMILES string of the molecule is CCCCCCCCCCCCC/C=C/[C@@H](O)[C@H](CO[C@@H]1O[C@H](CO)[C@@H](O[C@@H]2O[C@H](CO)[C@H](O[C@H]3O[C@H](CO)[C@H](O)[C@H](O)[C@H]3O)[C@H](O)[C@H]2O)[C@H](O)[C@H]1O)NC(=O)CCCCCCCCCCCCCCCCC. The summed E-state index contributed by atoms with van der Waals surface area (Å²) in [6, 6.07) is -0.965. The van der Waals surface area contributed by atoms with E-state index < -0.39 is 124 Å². The van der Waals surface area contributed by atoms with Crippen LogP contribution in [0.2, 0.25) is 0 Å². The van der Waals surface area contributed by atoms with Crippen molar-refractivity contribution in [2.24, 2.45) is 0 Å². The molecule has 3 fully saturated rings. The molecule has 3 rings (SSSR count). The number of carbonyl (C=O) groups is 1.